The zero-order chi connectivity index (χ0) is 28.7. The number of amides is 2. The molecule has 11 heteroatoms. The quantitative estimate of drug-likeness (QED) is 0.351. The summed E-state index contributed by atoms with van der Waals surface area (Å²) in [5, 5.41) is 8.71. The Kier molecular flexibility index (Phi) is 5.82. The average Bonchev–Trinajstić information content (AvgIpc) is 3.22. The zero-order valence-electron chi connectivity index (χ0n) is 23.6. The Morgan fingerprint density at radius 3 is 2.76 bits per heavy atom. The van der Waals surface area contributed by atoms with Crippen LogP contribution in [0.5, 0.6) is 5.88 Å². The second-order valence-corrected chi connectivity index (χ2v) is 12.5. The second kappa shape index (κ2) is 9.52. The Bertz CT molecular complexity index is 1760. The van der Waals surface area contributed by atoms with Gasteiger partial charge in [0.2, 0.25) is 11.8 Å². The fraction of sp³-hybridized carbons (Fsp3) is 0.484. The number of carbonyl (C=O) groups is 2. The van der Waals surface area contributed by atoms with Gasteiger partial charge < -0.3 is 25.3 Å². The number of hydrogen-bond donors (Lipinski definition) is 2. The number of pyridine rings is 2. The molecule has 0 aromatic carbocycles. The molecular formula is C31H34FN7O3. The van der Waals surface area contributed by atoms with Crippen LogP contribution in [0.1, 0.15) is 54.4 Å². The van der Waals surface area contributed by atoms with Crippen LogP contribution in [-0.2, 0) is 11.3 Å². The smallest absolute Gasteiger partial charge is 0.255 e. The minimum atomic E-state index is -0.469. The Hall–Kier alpha value is -3.99. The number of piperidine rings is 1. The zero-order valence-corrected chi connectivity index (χ0v) is 23.6. The van der Waals surface area contributed by atoms with Gasteiger partial charge in [0.1, 0.15) is 29.3 Å². The SMILES string of the molecule is Cc1c(-c2cc3ccc(OC[C@@H]4CCC(=O)N4)nc3n2CC2CC2)nn2cc(C(=O)N3CC4CCC3[C@@H]4N)cc(F)c12. The number of nitrogens with one attached hydrogen (secondary N) is 1. The first kappa shape index (κ1) is 25.7. The van der Waals surface area contributed by atoms with E-state index in [9.17, 15) is 9.59 Å². The number of likely N-dealkylation sites (tertiary alicyclic amines) is 1. The molecule has 4 aliphatic rings. The third-order valence-corrected chi connectivity index (χ3v) is 9.69. The van der Waals surface area contributed by atoms with E-state index in [4.69, 9.17) is 20.6 Å². The monoisotopic (exact) mass is 571 g/mol. The van der Waals surface area contributed by atoms with E-state index < -0.39 is 5.82 Å². The lowest BCUT2D eigenvalue weighted by molar-refractivity contribution is -0.119. The fourth-order valence-corrected chi connectivity index (χ4v) is 7.20. The third kappa shape index (κ3) is 4.16. The van der Waals surface area contributed by atoms with Crippen LogP contribution < -0.4 is 15.8 Å². The van der Waals surface area contributed by atoms with Gasteiger partial charge in [-0.25, -0.2) is 8.91 Å². The molecule has 42 heavy (non-hydrogen) atoms. The predicted molar refractivity (Wildman–Crippen MR) is 154 cm³/mol. The van der Waals surface area contributed by atoms with E-state index in [0.29, 0.717) is 54.1 Å². The van der Waals surface area contributed by atoms with Crippen LogP contribution in [0.3, 0.4) is 0 Å². The number of ether oxygens (including phenoxy) is 1. The number of carbonyl (C=O) groups excluding carboxylic acids is 2. The summed E-state index contributed by atoms with van der Waals surface area (Å²) in [6.45, 7) is 3.66. The summed E-state index contributed by atoms with van der Waals surface area (Å²) in [4.78, 5) is 31.7. The van der Waals surface area contributed by atoms with Crippen LogP contribution in [0, 0.1) is 24.6 Å². The maximum Gasteiger partial charge on any atom is 0.255 e. The fourth-order valence-electron chi connectivity index (χ4n) is 7.20. The first-order valence-electron chi connectivity index (χ1n) is 15.0. The highest BCUT2D eigenvalue weighted by atomic mass is 19.1. The van der Waals surface area contributed by atoms with Gasteiger partial charge in [-0.05, 0) is 69.1 Å². The molecule has 2 unspecified atom stereocenters. The molecule has 4 fully saturated rings. The summed E-state index contributed by atoms with van der Waals surface area (Å²) in [5.74, 6) is 0.773. The van der Waals surface area contributed by atoms with Crippen LogP contribution in [0.2, 0.25) is 0 Å². The predicted octanol–water partition coefficient (Wildman–Crippen LogP) is 3.43. The first-order chi connectivity index (χ1) is 20.3. The summed E-state index contributed by atoms with van der Waals surface area (Å²) in [5.41, 5.74) is 10.00. The van der Waals surface area contributed by atoms with Crippen LogP contribution >= 0.6 is 0 Å². The molecule has 8 rings (SSSR count). The molecule has 10 nitrogen and oxygen atoms in total. The van der Waals surface area contributed by atoms with Gasteiger partial charge in [-0.15, -0.1) is 0 Å². The highest BCUT2D eigenvalue weighted by molar-refractivity contribution is 5.95. The molecule has 6 heterocycles. The normalized spacial score (nSPS) is 25.2. The number of fused-ring (bicyclic) bond motifs is 4. The van der Waals surface area contributed by atoms with Crippen molar-refractivity contribution in [3.05, 3.63) is 47.4 Å². The maximum atomic E-state index is 15.6. The van der Waals surface area contributed by atoms with E-state index >= 15 is 4.39 Å². The molecule has 2 saturated carbocycles. The summed E-state index contributed by atoms with van der Waals surface area (Å²) in [6, 6.07) is 7.22. The lowest BCUT2D eigenvalue weighted by Gasteiger charge is -2.27. The molecule has 4 aromatic heterocycles. The Balaban J connectivity index is 1.15. The molecule has 2 aliphatic carbocycles. The largest absolute Gasteiger partial charge is 0.475 e. The van der Waals surface area contributed by atoms with Crippen molar-refractivity contribution in [1.29, 1.82) is 0 Å². The summed E-state index contributed by atoms with van der Waals surface area (Å²) in [6.07, 6.45) is 7.18. The molecule has 218 valence electrons. The Labute approximate surface area is 242 Å². The minimum absolute atomic E-state index is 0.00225. The van der Waals surface area contributed by atoms with Gasteiger partial charge in [-0.3, -0.25) is 9.59 Å². The van der Waals surface area contributed by atoms with Crippen LogP contribution in [0.25, 0.3) is 27.9 Å². The Morgan fingerprint density at radius 1 is 1.19 bits per heavy atom. The maximum absolute atomic E-state index is 15.6. The van der Waals surface area contributed by atoms with Crippen molar-refractivity contribution in [1.82, 2.24) is 29.4 Å². The van der Waals surface area contributed by atoms with Gasteiger partial charge in [0.25, 0.3) is 5.91 Å². The highest BCUT2D eigenvalue weighted by Gasteiger charge is 2.47. The van der Waals surface area contributed by atoms with Gasteiger partial charge in [-0.2, -0.15) is 10.1 Å². The van der Waals surface area contributed by atoms with Crippen molar-refractivity contribution < 1.29 is 18.7 Å². The summed E-state index contributed by atoms with van der Waals surface area (Å²) in [7, 11) is 0. The van der Waals surface area contributed by atoms with E-state index in [1.165, 1.54) is 10.6 Å². The lowest BCUT2D eigenvalue weighted by atomic mass is 10.1. The molecule has 3 N–H and O–H groups in total. The molecule has 0 radical (unpaired) electrons. The Morgan fingerprint density at radius 2 is 2.05 bits per heavy atom. The van der Waals surface area contributed by atoms with Crippen molar-refractivity contribution in [3.63, 3.8) is 0 Å². The van der Waals surface area contributed by atoms with E-state index in [1.54, 1.807) is 6.20 Å². The van der Waals surface area contributed by atoms with Crippen molar-refractivity contribution in [2.75, 3.05) is 13.2 Å². The molecule has 0 spiro atoms. The van der Waals surface area contributed by atoms with E-state index in [1.807, 2.05) is 30.0 Å². The van der Waals surface area contributed by atoms with E-state index in [2.05, 4.69) is 9.88 Å². The third-order valence-electron chi connectivity index (χ3n) is 9.69. The standard InChI is InChI=1S/C31H34FN7O3/c1-16-28(36-39-14-20(10-22(32)29(16)39)31(41)38-13-19-4-7-23(38)27(19)33)24-11-18-5-9-26(42-15-21-6-8-25(40)34-21)35-30(18)37(24)12-17-2-3-17/h5,9-11,14,17,19,21,23,27H,2-4,6-8,12-13,15,33H2,1H3,(H,34,40)/t19?,21-,23?,27+/m0/s1. The van der Waals surface area contributed by atoms with Crippen LogP contribution in [-0.4, -0.2) is 67.2 Å². The molecule has 2 aliphatic heterocycles. The lowest BCUT2D eigenvalue weighted by Crippen LogP contribution is -2.41. The molecule has 4 atom stereocenters. The number of nitrogens with zero attached hydrogens (tertiary/aromatic N) is 5. The second-order valence-electron chi connectivity index (χ2n) is 12.5. The van der Waals surface area contributed by atoms with Gasteiger partial charge in [0.05, 0.1) is 17.3 Å². The average molecular weight is 572 g/mol. The van der Waals surface area contributed by atoms with Gasteiger partial charge in [0, 0.05) is 54.8 Å². The van der Waals surface area contributed by atoms with E-state index in [-0.39, 0.29) is 35.5 Å². The molecule has 4 aromatic rings. The van der Waals surface area contributed by atoms with E-state index in [0.717, 1.165) is 55.4 Å². The van der Waals surface area contributed by atoms with Gasteiger partial charge >= 0.3 is 0 Å². The molecule has 2 bridgehead atoms. The van der Waals surface area contributed by atoms with Crippen molar-refractivity contribution in [2.45, 2.75) is 70.1 Å². The first-order valence-corrected chi connectivity index (χ1v) is 15.0. The van der Waals surface area contributed by atoms with Gasteiger partial charge in [-0.1, -0.05) is 0 Å². The van der Waals surface area contributed by atoms with Gasteiger partial charge in [0.15, 0.2) is 0 Å². The summed E-state index contributed by atoms with van der Waals surface area (Å²) < 4.78 is 25.3. The highest BCUT2D eigenvalue weighted by Crippen LogP contribution is 2.39. The van der Waals surface area contributed by atoms with Crippen LogP contribution in [0.15, 0.2) is 30.5 Å². The number of aromatic nitrogens is 4. The van der Waals surface area contributed by atoms with Crippen molar-refractivity contribution in [2.24, 2.45) is 17.6 Å². The van der Waals surface area contributed by atoms with Crippen LogP contribution in [0.4, 0.5) is 4.39 Å². The number of hydrogen-bond acceptors (Lipinski definition) is 6. The molecular weight excluding hydrogens is 537 g/mol. The van der Waals surface area contributed by atoms with Crippen molar-refractivity contribution >= 4 is 28.4 Å². The molecule has 2 amide bonds. The number of halogens is 1. The minimum Gasteiger partial charge on any atom is -0.475 e. The summed E-state index contributed by atoms with van der Waals surface area (Å²) >= 11 is 0. The number of nitrogens with two attached hydrogens (primary N) is 1. The molecule has 2 saturated heterocycles. The number of aryl methyl sites for hydroxylation is 1. The number of rotatable bonds is 7. The van der Waals surface area contributed by atoms with Crippen molar-refractivity contribution in [3.8, 4) is 17.3 Å². The topological polar surface area (TPSA) is 120 Å².